The Balaban J connectivity index is 1.71. The van der Waals surface area contributed by atoms with Crippen molar-refractivity contribution in [3.8, 4) is 0 Å². The van der Waals surface area contributed by atoms with Gasteiger partial charge in [0.25, 0.3) is 5.91 Å². The molecule has 3 rings (SSSR count). The summed E-state index contributed by atoms with van der Waals surface area (Å²) in [6.07, 6.45) is 0. The number of likely N-dealkylation sites (N-methyl/N-ethyl adjacent to an activating group) is 1. The quantitative estimate of drug-likeness (QED) is 0.827. The van der Waals surface area contributed by atoms with E-state index in [0.29, 0.717) is 17.8 Å². The highest BCUT2D eigenvalue weighted by molar-refractivity contribution is 8.00. The van der Waals surface area contributed by atoms with E-state index in [4.69, 9.17) is 0 Å². The number of carbonyl (C=O) groups is 2. The maximum Gasteiger partial charge on any atom is 0.251 e. The third-order valence-corrected chi connectivity index (χ3v) is 5.66. The summed E-state index contributed by atoms with van der Waals surface area (Å²) < 4.78 is 13.5. The van der Waals surface area contributed by atoms with Crippen LogP contribution in [0.5, 0.6) is 0 Å². The molecule has 0 radical (unpaired) electrons. The number of hydrogen-bond donors (Lipinski definition) is 2. The molecule has 0 aromatic heterocycles. The normalized spacial score (nSPS) is 17.2. The molecule has 0 saturated carbocycles. The largest absolute Gasteiger partial charge is 0.350 e. The van der Waals surface area contributed by atoms with Crippen molar-refractivity contribution in [3.63, 3.8) is 0 Å². The smallest absolute Gasteiger partial charge is 0.251 e. The average molecular weight is 387 g/mol. The van der Waals surface area contributed by atoms with Crippen LogP contribution in [-0.2, 0) is 4.79 Å². The first-order valence-corrected chi connectivity index (χ1v) is 9.55. The Kier molecular flexibility index (Phi) is 5.82. The zero-order valence-corrected chi connectivity index (χ0v) is 16.3. The maximum atomic E-state index is 13.5. The molecular weight excluding hydrogens is 365 g/mol. The Morgan fingerprint density at radius 3 is 2.78 bits per heavy atom. The molecule has 1 aliphatic heterocycles. The number of carbonyl (C=O) groups excluding carboxylic acids is 2. The molecule has 1 aliphatic rings. The molecule has 2 N–H and O–H groups in total. The van der Waals surface area contributed by atoms with E-state index < -0.39 is 0 Å². The van der Waals surface area contributed by atoms with E-state index in [2.05, 4.69) is 10.6 Å². The topological polar surface area (TPSA) is 61.4 Å². The van der Waals surface area contributed by atoms with E-state index in [1.54, 1.807) is 18.2 Å². The van der Waals surface area contributed by atoms with Gasteiger partial charge in [-0.3, -0.25) is 9.59 Å². The van der Waals surface area contributed by atoms with Crippen molar-refractivity contribution < 1.29 is 14.0 Å². The van der Waals surface area contributed by atoms with Gasteiger partial charge in [-0.25, -0.2) is 4.39 Å². The number of rotatable bonds is 5. The predicted octanol–water partition coefficient (Wildman–Crippen LogP) is 3.29. The van der Waals surface area contributed by atoms with Crippen molar-refractivity contribution >= 4 is 29.3 Å². The fourth-order valence-electron chi connectivity index (χ4n) is 2.95. The van der Waals surface area contributed by atoms with Crippen molar-refractivity contribution in [2.75, 3.05) is 26.0 Å². The summed E-state index contributed by atoms with van der Waals surface area (Å²) >= 11 is 1.48. The summed E-state index contributed by atoms with van der Waals surface area (Å²) in [5, 5.41) is 5.58. The number of anilines is 1. The lowest BCUT2D eigenvalue weighted by atomic mass is 10.1. The fourth-order valence-corrected chi connectivity index (χ4v) is 3.88. The van der Waals surface area contributed by atoms with Crippen molar-refractivity contribution in [1.82, 2.24) is 10.2 Å². The number of benzene rings is 2. The summed E-state index contributed by atoms with van der Waals surface area (Å²) in [4.78, 5) is 27.3. The van der Waals surface area contributed by atoms with E-state index in [1.165, 1.54) is 23.9 Å². The first kappa shape index (κ1) is 19.4. The number of hydrogen-bond acceptors (Lipinski definition) is 4. The average Bonchev–Trinajstić information content (AvgIpc) is 2.62. The molecule has 0 aliphatic carbocycles. The minimum Gasteiger partial charge on any atom is -0.350 e. The third kappa shape index (κ3) is 4.48. The zero-order valence-electron chi connectivity index (χ0n) is 15.5. The van der Waals surface area contributed by atoms with Crippen molar-refractivity contribution in [3.05, 3.63) is 59.4 Å². The fraction of sp³-hybridized carbons (Fsp3) is 0.300. The van der Waals surface area contributed by atoms with Gasteiger partial charge in [-0.2, -0.15) is 0 Å². The molecule has 0 saturated heterocycles. The molecule has 7 heteroatoms. The van der Waals surface area contributed by atoms with Gasteiger partial charge in [-0.05, 0) is 56.9 Å². The van der Waals surface area contributed by atoms with Gasteiger partial charge in [0.15, 0.2) is 0 Å². The molecule has 5 nitrogen and oxygen atoms in total. The van der Waals surface area contributed by atoms with Crippen LogP contribution in [0.3, 0.4) is 0 Å². The number of fused-ring (bicyclic) bond motifs is 1. The minimum absolute atomic E-state index is 0.0659. The summed E-state index contributed by atoms with van der Waals surface area (Å²) in [7, 11) is 3.77. The van der Waals surface area contributed by atoms with Crippen LogP contribution in [0.25, 0.3) is 0 Å². The summed E-state index contributed by atoms with van der Waals surface area (Å²) in [6, 6.07) is 11.5. The molecule has 27 heavy (non-hydrogen) atoms. The van der Waals surface area contributed by atoms with Gasteiger partial charge in [0.2, 0.25) is 5.91 Å². The molecular formula is C20H22FN3O2S. The molecule has 2 amide bonds. The Bertz CT molecular complexity index is 872. The zero-order chi connectivity index (χ0) is 19.6. The lowest BCUT2D eigenvalue weighted by molar-refractivity contribution is -0.115. The van der Waals surface area contributed by atoms with Crippen LogP contribution in [0.1, 0.15) is 28.9 Å². The van der Waals surface area contributed by atoms with Gasteiger partial charge in [0.05, 0.1) is 17.0 Å². The molecule has 0 spiro atoms. The number of nitrogens with zero attached hydrogens (tertiary/aromatic N) is 1. The highest BCUT2D eigenvalue weighted by atomic mass is 32.2. The van der Waals surface area contributed by atoms with E-state index in [0.717, 1.165) is 10.5 Å². The van der Waals surface area contributed by atoms with Crippen LogP contribution in [0.2, 0.25) is 0 Å². The molecule has 0 bridgehead atoms. The SMILES string of the molecule is C[C@@H]1Sc2ccc(C(=O)NC[C@H](c3cccc(F)c3)N(C)C)cc2NC1=O. The Labute approximate surface area is 162 Å². The lowest BCUT2D eigenvalue weighted by Crippen LogP contribution is -2.34. The number of thioether (sulfide) groups is 1. The first-order chi connectivity index (χ1) is 12.8. The second kappa shape index (κ2) is 8.10. The van der Waals surface area contributed by atoms with Crippen LogP contribution < -0.4 is 10.6 Å². The van der Waals surface area contributed by atoms with E-state index in [-0.39, 0.29) is 28.9 Å². The Morgan fingerprint density at radius 2 is 2.07 bits per heavy atom. The van der Waals surface area contributed by atoms with Gasteiger partial charge in [0.1, 0.15) is 5.82 Å². The van der Waals surface area contributed by atoms with Crippen LogP contribution in [0.15, 0.2) is 47.4 Å². The molecule has 1 heterocycles. The monoisotopic (exact) mass is 387 g/mol. The molecule has 142 valence electrons. The third-order valence-electron chi connectivity index (χ3n) is 4.49. The van der Waals surface area contributed by atoms with Crippen molar-refractivity contribution in [2.45, 2.75) is 23.1 Å². The van der Waals surface area contributed by atoms with E-state index in [9.17, 15) is 14.0 Å². The van der Waals surface area contributed by atoms with Crippen LogP contribution in [0.4, 0.5) is 10.1 Å². The maximum absolute atomic E-state index is 13.5. The summed E-state index contributed by atoms with van der Waals surface area (Å²) in [5.41, 5.74) is 1.93. The number of nitrogens with one attached hydrogen (secondary N) is 2. The van der Waals surface area contributed by atoms with Crippen LogP contribution in [0, 0.1) is 5.82 Å². The summed E-state index contributed by atoms with van der Waals surface area (Å²) in [6.45, 7) is 2.18. The molecule has 2 aromatic rings. The second-order valence-electron chi connectivity index (χ2n) is 6.70. The molecule has 0 fully saturated rings. The van der Waals surface area contributed by atoms with Gasteiger partial charge in [0, 0.05) is 17.0 Å². The summed E-state index contributed by atoms with van der Waals surface area (Å²) in [5.74, 6) is -0.606. The Morgan fingerprint density at radius 1 is 1.30 bits per heavy atom. The predicted molar refractivity (Wildman–Crippen MR) is 106 cm³/mol. The standard InChI is InChI=1S/C20H22FN3O2S/c1-12-19(25)23-16-10-14(7-8-18(16)27-12)20(26)22-11-17(24(2)3)13-5-4-6-15(21)9-13/h4-10,12,17H,11H2,1-3H3,(H,22,26)(H,23,25)/t12-,17+/m0/s1. The van der Waals surface area contributed by atoms with Crippen LogP contribution >= 0.6 is 11.8 Å². The highest BCUT2D eigenvalue weighted by Gasteiger charge is 2.24. The first-order valence-electron chi connectivity index (χ1n) is 8.67. The second-order valence-corrected chi connectivity index (χ2v) is 8.09. The Hall–Kier alpha value is -2.38. The van der Waals surface area contributed by atoms with Gasteiger partial charge in [-0.15, -0.1) is 11.8 Å². The van der Waals surface area contributed by atoms with E-state index >= 15 is 0 Å². The van der Waals surface area contributed by atoms with Crippen molar-refractivity contribution in [2.24, 2.45) is 0 Å². The molecule has 0 unspecified atom stereocenters. The van der Waals surface area contributed by atoms with Gasteiger partial charge < -0.3 is 15.5 Å². The molecule has 2 atom stereocenters. The van der Waals surface area contributed by atoms with Gasteiger partial charge in [-0.1, -0.05) is 12.1 Å². The minimum atomic E-state index is -0.303. The van der Waals surface area contributed by atoms with Crippen LogP contribution in [-0.4, -0.2) is 42.6 Å². The van der Waals surface area contributed by atoms with Crippen molar-refractivity contribution in [1.29, 1.82) is 0 Å². The number of halogens is 1. The number of amides is 2. The highest BCUT2D eigenvalue weighted by Crippen LogP contribution is 2.35. The van der Waals surface area contributed by atoms with E-state index in [1.807, 2.05) is 38.1 Å². The van der Waals surface area contributed by atoms with Gasteiger partial charge >= 0.3 is 0 Å². The molecule has 2 aromatic carbocycles. The lowest BCUT2D eigenvalue weighted by Gasteiger charge is -2.25.